The van der Waals surface area contributed by atoms with Gasteiger partial charge in [0.1, 0.15) is 12.4 Å². The van der Waals surface area contributed by atoms with Crippen molar-refractivity contribution in [1.29, 1.82) is 0 Å². The summed E-state index contributed by atoms with van der Waals surface area (Å²) >= 11 is 1.52. The number of hydrogen-bond donors (Lipinski definition) is 1. The van der Waals surface area contributed by atoms with Crippen molar-refractivity contribution in [2.75, 3.05) is 12.4 Å². The summed E-state index contributed by atoms with van der Waals surface area (Å²) in [5, 5.41) is 0.732. The molecule has 0 spiro atoms. The first kappa shape index (κ1) is 17.4. The molecule has 0 aromatic carbocycles. The van der Waals surface area contributed by atoms with Gasteiger partial charge in [0.2, 0.25) is 0 Å². The highest BCUT2D eigenvalue weighted by Gasteiger charge is 2.06. The normalized spacial score (nSPS) is 11.2. The van der Waals surface area contributed by atoms with Gasteiger partial charge in [-0.25, -0.2) is 9.97 Å². The monoisotopic (exact) mass is 306 g/mol. The molecule has 114 valence electrons. The maximum absolute atomic E-state index is 5.99. The van der Waals surface area contributed by atoms with Crippen LogP contribution in [0.3, 0.4) is 0 Å². The van der Waals surface area contributed by atoms with Crippen LogP contribution < -0.4 is 10.5 Å². The summed E-state index contributed by atoms with van der Waals surface area (Å²) in [5.74, 6) is 1.46. The van der Waals surface area contributed by atoms with Gasteiger partial charge in [0.15, 0.2) is 5.16 Å². The zero-order valence-corrected chi connectivity index (χ0v) is 13.5. The van der Waals surface area contributed by atoms with E-state index in [4.69, 9.17) is 10.5 Å². The van der Waals surface area contributed by atoms with E-state index in [2.05, 4.69) is 15.0 Å². The highest BCUT2D eigenvalue weighted by atomic mass is 32.2. The molecule has 21 heavy (non-hydrogen) atoms. The number of thioether (sulfide) groups is 1. The summed E-state index contributed by atoms with van der Waals surface area (Å²) in [6.07, 6.45) is 6.91. The Hall–Kier alpha value is -1.66. The topological polar surface area (TPSA) is 73.9 Å². The minimum Gasteiger partial charge on any atom is -0.490 e. The lowest BCUT2D eigenvalue weighted by atomic mass is 10.3. The summed E-state index contributed by atoms with van der Waals surface area (Å²) < 4.78 is 5.60. The van der Waals surface area contributed by atoms with E-state index in [0.29, 0.717) is 12.4 Å². The number of nitrogens with zero attached hydrogens (tertiary/aromatic N) is 3. The van der Waals surface area contributed by atoms with E-state index in [0.717, 1.165) is 16.5 Å². The van der Waals surface area contributed by atoms with E-state index in [1.165, 1.54) is 11.8 Å². The lowest BCUT2D eigenvalue weighted by Gasteiger charge is -2.12. The number of nitrogens with two attached hydrogens (primary N) is 1. The third-order valence-corrected chi connectivity index (χ3v) is 3.35. The largest absolute Gasteiger partial charge is 0.490 e. The minimum absolute atomic E-state index is 0.0747. The van der Waals surface area contributed by atoms with Crippen molar-refractivity contribution in [3.63, 3.8) is 0 Å². The van der Waals surface area contributed by atoms with Gasteiger partial charge in [-0.05, 0) is 24.6 Å². The van der Waals surface area contributed by atoms with Gasteiger partial charge in [-0.1, -0.05) is 25.6 Å². The van der Waals surface area contributed by atoms with Crippen molar-refractivity contribution >= 4 is 11.8 Å². The van der Waals surface area contributed by atoms with Gasteiger partial charge in [0, 0.05) is 30.4 Å². The molecule has 0 saturated carbocycles. The molecule has 1 unspecified atom stereocenters. The number of pyridine rings is 1. The van der Waals surface area contributed by atoms with Crippen LogP contribution >= 0.6 is 11.8 Å². The summed E-state index contributed by atoms with van der Waals surface area (Å²) in [6, 6.07) is 3.65. The van der Waals surface area contributed by atoms with E-state index >= 15 is 0 Å². The first-order chi connectivity index (χ1) is 10.2. The maximum Gasteiger partial charge on any atom is 0.187 e. The zero-order valence-electron chi connectivity index (χ0n) is 12.7. The van der Waals surface area contributed by atoms with Crippen LogP contribution in [0, 0.1) is 6.92 Å². The highest BCUT2D eigenvalue weighted by Crippen LogP contribution is 2.13. The number of hydrogen-bond acceptors (Lipinski definition) is 6. The maximum atomic E-state index is 5.99. The van der Waals surface area contributed by atoms with Gasteiger partial charge >= 0.3 is 0 Å². The van der Waals surface area contributed by atoms with Crippen molar-refractivity contribution in [3.8, 4) is 5.75 Å². The lowest BCUT2D eigenvalue weighted by Crippen LogP contribution is -2.30. The Balaban J connectivity index is 0.00000106. The molecule has 0 aliphatic heterocycles. The molecule has 0 aliphatic rings. The van der Waals surface area contributed by atoms with Crippen molar-refractivity contribution in [2.45, 2.75) is 32.0 Å². The van der Waals surface area contributed by atoms with E-state index in [1.54, 1.807) is 30.9 Å². The molecule has 0 amide bonds. The lowest BCUT2D eigenvalue weighted by molar-refractivity contribution is 0.296. The second-order valence-electron chi connectivity index (χ2n) is 4.11. The molecule has 5 nitrogen and oxygen atoms in total. The average Bonchev–Trinajstić information content (AvgIpc) is 2.54. The SMILES string of the molecule is CC.Cc1cncc(OCC(N)CSc2ncccn2)c1. The van der Waals surface area contributed by atoms with Gasteiger partial charge in [0.05, 0.1) is 6.20 Å². The molecule has 2 N–H and O–H groups in total. The summed E-state index contributed by atoms with van der Waals surface area (Å²) in [7, 11) is 0. The second kappa shape index (κ2) is 10.1. The van der Waals surface area contributed by atoms with E-state index in [1.807, 2.05) is 26.8 Å². The molecule has 2 aromatic heterocycles. The molecule has 0 saturated heterocycles. The number of aromatic nitrogens is 3. The van der Waals surface area contributed by atoms with Crippen LogP contribution in [-0.4, -0.2) is 33.4 Å². The van der Waals surface area contributed by atoms with E-state index in [9.17, 15) is 0 Å². The first-order valence-electron chi connectivity index (χ1n) is 6.94. The molecule has 1 atom stereocenters. The van der Waals surface area contributed by atoms with Gasteiger partial charge in [-0.2, -0.15) is 0 Å². The van der Waals surface area contributed by atoms with Crippen molar-refractivity contribution < 1.29 is 4.74 Å². The first-order valence-corrected chi connectivity index (χ1v) is 7.92. The Morgan fingerprint density at radius 2 is 1.95 bits per heavy atom. The molecule has 0 aliphatic carbocycles. The fraction of sp³-hybridized carbons (Fsp3) is 0.400. The van der Waals surface area contributed by atoms with Crippen LogP contribution in [0.25, 0.3) is 0 Å². The second-order valence-corrected chi connectivity index (χ2v) is 5.10. The molecule has 2 heterocycles. The Kier molecular flexibility index (Phi) is 8.38. The van der Waals surface area contributed by atoms with E-state index < -0.39 is 0 Å². The van der Waals surface area contributed by atoms with Gasteiger partial charge in [0.25, 0.3) is 0 Å². The van der Waals surface area contributed by atoms with Gasteiger partial charge in [-0.15, -0.1) is 0 Å². The Labute approximate surface area is 130 Å². The summed E-state index contributed by atoms with van der Waals surface area (Å²) in [5.41, 5.74) is 7.05. The Bertz CT molecular complexity index is 510. The number of ether oxygens (including phenoxy) is 1. The van der Waals surface area contributed by atoms with Crippen molar-refractivity contribution in [1.82, 2.24) is 15.0 Å². The van der Waals surface area contributed by atoms with Crippen LogP contribution in [0.4, 0.5) is 0 Å². The average molecular weight is 306 g/mol. The highest BCUT2D eigenvalue weighted by molar-refractivity contribution is 7.99. The molecule has 0 fully saturated rings. The number of aryl methyl sites for hydroxylation is 1. The minimum atomic E-state index is -0.0747. The fourth-order valence-electron chi connectivity index (χ4n) is 1.40. The van der Waals surface area contributed by atoms with Crippen LogP contribution in [-0.2, 0) is 0 Å². The molecular formula is C15H22N4OS. The molecular weight excluding hydrogens is 284 g/mol. The third-order valence-electron chi connectivity index (χ3n) is 2.28. The molecule has 2 aromatic rings. The summed E-state index contributed by atoms with van der Waals surface area (Å²) in [6.45, 7) is 6.42. The van der Waals surface area contributed by atoms with Gasteiger partial charge < -0.3 is 10.5 Å². The van der Waals surface area contributed by atoms with Crippen LogP contribution in [0.2, 0.25) is 0 Å². The van der Waals surface area contributed by atoms with E-state index in [-0.39, 0.29) is 6.04 Å². The predicted molar refractivity (Wildman–Crippen MR) is 86.5 cm³/mol. The summed E-state index contributed by atoms with van der Waals surface area (Å²) in [4.78, 5) is 12.3. The number of rotatable bonds is 6. The van der Waals surface area contributed by atoms with Crippen LogP contribution in [0.5, 0.6) is 5.75 Å². The zero-order chi connectivity index (χ0) is 15.5. The third kappa shape index (κ3) is 7.06. The van der Waals surface area contributed by atoms with Crippen molar-refractivity contribution in [2.24, 2.45) is 5.73 Å². The van der Waals surface area contributed by atoms with Crippen LogP contribution in [0.1, 0.15) is 19.4 Å². The van der Waals surface area contributed by atoms with Gasteiger partial charge in [-0.3, -0.25) is 4.98 Å². The standard InChI is InChI=1S/C13H16N4OS.C2H6/c1-10-5-12(7-15-6-10)18-8-11(14)9-19-13-16-3-2-4-17-13;1-2/h2-7,11H,8-9,14H2,1H3;1-2H3. The quantitative estimate of drug-likeness (QED) is 0.653. The Morgan fingerprint density at radius 3 is 2.62 bits per heavy atom. The van der Waals surface area contributed by atoms with Crippen LogP contribution in [0.15, 0.2) is 42.1 Å². The molecule has 0 radical (unpaired) electrons. The smallest absolute Gasteiger partial charge is 0.187 e. The Morgan fingerprint density at radius 1 is 1.24 bits per heavy atom. The molecule has 6 heteroatoms. The van der Waals surface area contributed by atoms with Crippen molar-refractivity contribution in [3.05, 3.63) is 42.5 Å². The predicted octanol–water partition coefficient (Wildman–Crippen LogP) is 2.70. The molecule has 2 rings (SSSR count). The fourth-order valence-corrected chi connectivity index (χ4v) is 2.13. The molecule has 0 bridgehead atoms.